The molecule has 0 saturated carbocycles. The van der Waals surface area contributed by atoms with Crippen LogP contribution in [0.2, 0.25) is 0 Å². The van der Waals surface area contributed by atoms with Gasteiger partial charge in [0, 0.05) is 17.7 Å². The first-order chi connectivity index (χ1) is 15.6. The molecule has 0 spiro atoms. The summed E-state index contributed by atoms with van der Waals surface area (Å²) in [5.41, 5.74) is 3.86. The van der Waals surface area contributed by atoms with Gasteiger partial charge in [0.25, 0.3) is 5.56 Å². The third-order valence-corrected chi connectivity index (χ3v) is 6.59. The Morgan fingerprint density at radius 2 is 1.75 bits per heavy atom. The van der Waals surface area contributed by atoms with E-state index in [1.165, 1.54) is 36.1 Å². The van der Waals surface area contributed by atoms with Crippen LogP contribution >= 0.6 is 0 Å². The summed E-state index contributed by atoms with van der Waals surface area (Å²) in [7, 11) is 0. The van der Waals surface area contributed by atoms with Gasteiger partial charge in [0.1, 0.15) is 18.2 Å². The van der Waals surface area contributed by atoms with Gasteiger partial charge in [0.15, 0.2) is 0 Å². The minimum absolute atomic E-state index is 0.184. The average molecular weight is 434 g/mol. The van der Waals surface area contributed by atoms with E-state index in [0.29, 0.717) is 24.0 Å². The third-order valence-electron chi connectivity index (χ3n) is 6.59. The summed E-state index contributed by atoms with van der Waals surface area (Å²) in [6.07, 6.45) is 5.37. The second-order valence-electron chi connectivity index (χ2n) is 8.82. The zero-order chi connectivity index (χ0) is 22.1. The van der Waals surface area contributed by atoms with Crippen LogP contribution < -0.4 is 10.3 Å². The fourth-order valence-electron chi connectivity index (χ4n) is 4.72. The van der Waals surface area contributed by atoms with Gasteiger partial charge < -0.3 is 4.74 Å². The highest BCUT2D eigenvalue weighted by molar-refractivity contribution is 5.69. The van der Waals surface area contributed by atoms with Crippen LogP contribution in [-0.2, 0) is 12.8 Å². The van der Waals surface area contributed by atoms with Crippen molar-refractivity contribution in [1.29, 1.82) is 0 Å². The molecule has 166 valence electrons. The Balaban J connectivity index is 1.35. The van der Waals surface area contributed by atoms with E-state index in [-0.39, 0.29) is 11.4 Å². The van der Waals surface area contributed by atoms with Gasteiger partial charge in [-0.1, -0.05) is 12.5 Å². The smallest absolute Gasteiger partial charge is 0.271 e. The van der Waals surface area contributed by atoms with Gasteiger partial charge in [-0.3, -0.25) is 9.69 Å². The van der Waals surface area contributed by atoms with E-state index in [4.69, 9.17) is 4.74 Å². The molecule has 2 aromatic carbocycles. The lowest BCUT2D eigenvalue weighted by atomic mass is 9.89. The molecule has 3 aromatic rings. The SMILES string of the molecule is CC(COc1ccc(-n2nc3c(cc2=O)CCc2ccc(F)cc2-3)cc1)N1CCCCC1. The first-order valence-electron chi connectivity index (χ1n) is 11.5. The second kappa shape index (κ2) is 8.87. The van der Waals surface area contributed by atoms with E-state index in [0.717, 1.165) is 48.4 Å². The number of hydrogen-bond acceptors (Lipinski definition) is 4. The van der Waals surface area contributed by atoms with E-state index in [9.17, 15) is 9.18 Å². The second-order valence-corrected chi connectivity index (χ2v) is 8.82. The number of fused-ring (bicyclic) bond motifs is 3. The molecule has 1 aliphatic heterocycles. The number of benzene rings is 2. The highest BCUT2D eigenvalue weighted by Gasteiger charge is 2.21. The molecule has 1 aliphatic carbocycles. The number of rotatable bonds is 5. The summed E-state index contributed by atoms with van der Waals surface area (Å²) in [4.78, 5) is 15.2. The Labute approximate surface area is 187 Å². The maximum atomic E-state index is 13.9. The maximum absolute atomic E-state index is 13.9. The standard InChI is InChI=1S/C26H28FN3O2/c1-18(29-13-3-2-4-14-29)17-32-23-11-9-22(10-12-23)30-25(31)15-20-6-5-19-7-8-21(27)16-24(19)26(20)28-30/h7-12,15-16,18H,2-6,13-14,17H2,1H3. The number of halogens is 1. The van der Waals surface area contributed by atoms with Gasteiger partial charge in [0.2, 0.25) is 0 Å². The molecule has 0 amide bonds. The molecule has 2 heterocycles. The van der Waals surface area contributed by atoms with Crippen molar-refractivity contribution in [3.63, 3.8) is 0 Å². The first-order valence-corrected chi connectivity index (χ1v) is 11.5. The van der Waals surface area contributed by atoms with Crippen molar-refractivity contribution in [3.8, 4) is 22.7 Å². The van der Waals surface area contributed by atoms with E-state index in [1.54, 1.807) is 6.07 Å². The van der Waals surface area contributed by atoms with Crippen molar-refractivity contribution >= 4 is 0 Å². The predicted molar refractivity (Wildman–Crippen MR) is 123 cm³/mol. The summed E-state index contributed by atoms with van der Waals surface area (Å²) < 4.78 is 21.3. The highest BCUT2D eigenvalue weighted by atomic mass is 19.1. The number of nitrogens with zero attached hydrogens (tertiary/aromatic N) is 3. The van der Waals surface area contributed by atoms with Crippen LogP contribution in [0.4, 0.5) is 4.39 Å². The molecule has 5 nitrogen and oxygen atoms in total. The number of likely N-dealkylation sites (tertiary alicyclic amines) is 1. The Morgan fingerprint density at radius 1 is 1.00 bits per heavy atom. The van der Waals surface area contributed by atoms with Crippen LogP contribution in [0.25, 0.3) is 16.9 Å². The topological polar surface area (TPSA) is 47.4 Å². The predicted octanol–water partition coefficient (Wildman–Crippen LogP) is 4.39. The van der Waals surface area contributed by atoms with Crippen LogP contribution in [0, 0.1) is 5.82 Å². The van der Waals surface area contributed by atoms with Crippen molar-refractivity contribution in [2.24, 2.45) is 0 Å². The van der Waals surface area contributed by atoms with Gasteiger partial charge in [-0.2, -0.15) is 9.78 Å². The molecule has 32 heavy (non-hydrogen) atoms. The molecule has 1 fully saturated rings. The fourth-order valence-corrected chi connectivity index (χ4v) is 4.72. The summed E-state index contributed by atoms with van der Waals surface area (Å²) in [5.74, 6) is 0.479. The van der Waals surface area contributed by atoms with E-state index < -0.39 is 0 Å². The van der Waals surface area contributed by atoms with Crippen molar-refractivity contribution in [3.05, 3.63) is 75.8 Å². The normalized spacial score (nSPS) is 16.8. The van der Waals surface area contributed by atoms with E-state index >= 15 is 0 Å². The summed E-state index contributed by atoms with van der Waals surface area (Å²) >= 11 is 0. The quantitative estimate of drug-likeness (QED) is 0.599. The lowest BCUT2D eigenvalue weighted by molar-refractivity contribution is 0.125. The van der Waals surface area contributed by atoms with Crippen LogP contribution in [-0.4, -0.2) is 40.4 Å². The van der Waals surface area contributed by atoms with Crippen LogP contribution in [0.3, 0.4) is 0 Å². The van der Waals surface area contributed by atoms with E-state index in [1.807, 2.05) is 30.3 Å². The molecule has 0 N–H and O–H groups in total. The lowest BCUT2D eigenvalue weighted by Gasteiger charge is -2.32. The van der Waals surface area contributed by atoms with Crippen molar-refractivity contribution in [1.82, 2.24) is 14.7 Å². The van der Waals surface area contributed by atoms with Gasteiger partial charge in [0.05, 0.1) is 11.4 Å². The van der Waals surface area contributed by atoms with Gasteiger partial charge in [-0.15, -0.1) is 0 Å². The van der Waals surface area contributed by atoms with Gasteiger partial charge in [-0.05, 0) is 93.2 Å². The molecule has 1 aromatic heterocycles. The Bertz CT molecular complexity index is 1170. The molecular weight excluding hydrogens is 405 g/mol. The molecule has 2 aliphatic rings. The molecule has 1 saturated heterocycles. The minimum Gasteiger partial charge on any atom is -0.492 e. The molecule has 0 bridgehead atoms. The maximum Gasteiger partial charge on any atom is 0.271 e. The van der Waals surface area contributed by atoms with Crippen LogP contribution in [0.1, 0.15) is 37.3 Å². The third kappa shape index (κ3) is 4.19. The zero-order valence-corrected chi connectivity index (χ0v) is 18.4. The Kier molecular flexibility index (Phi) is 5.79. The fraction of sp³-hybridized carbons (Fsp3) is 0.385. The molecule has 6 heteroatoms. The van der Waals surface area contributed by atoms with Gasteiger partial charge in [-0.25, -0.2) is 4.39 Å². The van der Waals surface area contributed by atoms with Crippen molar-refractivity contribution in [2.45, 2.75) is 45.1 Å². The highest BCUT2D eigenvalue weighted by Crippen LogP contribution is 2.31. The summed E-state index contributed by atoms with van der Waals surface area (Å²) in [6.45, 7) is 5.13. The number of aromatic nitrogens is 2. The van der Waals surface area contributed by atoms with Crippen LogP contribution in [0.5, 0.6) is 5.75 Å². The number of hydrogen-bond donors (Lipinski definition) is 0. The van der Waals surface area contributed by atoms with E-state index in [2.05, 4.69) is 16.9 Å². The lowest BCUT2D eigenvalue weighted by Crippen LogP contribution is -2.40. The Hall–Kier alpha value is -2.99. The van der Waals surface area contributed by atoms with Crippen molar-refractivity contribution < 1.29 is 9.13 Å². The zero-order valence-electron chi connectivity index (χ0n) is 18.4. The Morgan fingerprint density at radius 3 is 2.53 bits per heavy atom. The van der Waals surface area contributed by atoms with Gasteiger partial charge >= 0.3 is 0 Å². The number of aryl methyl sites for hydroxylation is 2. The molecule has 1 atom stereocenters. The average Bonchev–Trinajstić information content (AvgIpc) is 2.83. The summed E-state index contributed by atoms with van der Waals surface area (Å²) in [6, 6.07) is 14.2. The largest absolute Gasteiger partial charge is 0.492 e. The monoisotopic (exact) mass is 433 g/mol. The summed E-state index contributed by atoms with van der Waals surface area (Å²) in [5, 5.41) is 4.62. The molecular formula is C26H28FN3O2. The first kappa shape index (κ1) is 20.9. The van der Waals surface area contributed by atoms with Crippen molar-refractivity contribution in [2.75, 3.05) is 19.7 Å². The van der Waals surface area contributed by atoms with Crippen LogP contribution in [0.15, 0.2) is 53.3 Å². The number of piperidine rings is 1. The molecule has 5 rings (SSSR count). The minimum atomic E-state index is -0.295. The molecule has 1 unspecified atom stereocenters. The molecule has 0 radical (unpaired) electrons. The number of ether oxygens (including phenoxy) is 1.